The Hall–Kier alpha value is -2.63. The molecule has 0 heterocycles. The first kappa shape index (κ1) is 14.3. The van der Waals surface area contributed by atoms with Crippen molar-refractivity contribution in [2.24, 2.45) is 23.7 Å². The van der Waals surface area contributed by atoms with Gasteiger partial charge in [-0.05, 0) is 36.0 Å². The number of fused-ring (bicyclic) bond motifs is 2. The monoisotopic (exact) mass is 299 g/mol. The quantitative estimate of drug-likeness (QED) is 0.730. The molecule has 6 heteroatoms. The number of aliphatic carboxylic acids is 1. The summed E-state index contributed by atoms with van der Waals surface area (Å²) in [5.41, 5.74) is 0.248. The van der Waals surface area contributed by atoms with Gasteiger partial charge in [-0.25, -0.2) is 0 Å². The van der Waals surface area contributed by atoms with Gasteiger partial charge >= 0.3 is 0 Å². The van der Waals surface area contributed by atoms with Crippen molar-refractivity contribution in [2.75, 3.05) is 5.32 Å². The minimum absolute atomic E-state index is 0.0536. The van der Waals surface area contributed by atoms with Crippen LogP contribution in [0.4, 0.5) is 5.69 Å². The number of hydrogen-bond acceptors (Lipinski definition) is 5. The van der Waals surface area contributed by atoms with Crippen LogP contribution in [0.5, 0.6) is 0 Å². The molecule has 1 saturated carbocycles. The first-order valence-electron chi connectivity index (χ1n) is 6.99. The third-order valence-electron chi connectivity index (χ3n) is 4.40. The van der Waals surface area contributed by atoms with E-state index in [0.717, 1.165) is 0 Å². The predicted octanol–water partition coefficient (Wildman–Crippen LogP) is -0.823. The van der Waals surface area contributed by atoms with E-state index < -0.39 is 29.7 Å². The van der Waals surface area contributed by atoms with Crippen molar-refractivity contribution in [1.29, 1.82) is 0 Å². The summed E-state index contributed by atoms with van der Waals surface area (Å²) >= 11 is 0. The first-order chi connectivity index (χ1) is 10.5. The maximum absolute atomic E-state index is 12.4. The van der Waals surface area contributed by atoms with Gasteiger partial charge in [0.05, 0.1) is 11.9 Å². The molecule has 6 nitrogen and oxygen atoms in total. The minimum Gasteiger partial charge on any atom is -0.550 e. The summed E-state index contributed by atoms with van der Waals surface area (Å²) in [4.78, 5) is 34.5. The SMILES string of the molecule is O=C([O-])c1cccc(NC(=O)[C@H]2[C@@H](C(=O)[O-])[C@H]3C=C[C@@H]2C3)c1. The van der Waals surface area contributed by atoms with Gasteiger partial charge in [0.1, 0.15) is 0 Å². The third kappa shape index (κ3) is 2.36. The number of rotatable bonds is 4. The van der Waals surface area contributed by atoms with Gasteiger partial charge in [-0.15, -0.1) is 0 Å². The van der Waals surface area contributed by atoms with Gasteiger partial charge in [-0.2, -0.15) is 0 Å². The van der Waals surface area contributed by atoms with E-state index in [1.54, 1.807) is 6.07 Å². The Balaban J connectivity index is 1.80. The lowest BCUT2D eigenvalue weighted by atomic mass is 9.82. The van der Waals surface area contributed by atoms with Crippen LogP contribution in [0.25, 0.3) is 0 Å². The first-order valence-corrected chi connectivity index (χ1v) is 6.99. The highest BCUT2D eigenvalue weighted by molar-refractivity contribution is 5.97. The van der Waals surface area contributed by atoms with Gasteiger partial charge < -0.3 is 25.1 Å². The molecule has 0 saturated heterocycles. The van der Waals surface area contributed by atoms with Gasteiger partial charge in [0, 0.05) is 17.6 Å². The van der Waals surface area contributed by atoms with E-state index in [1.807, 2.05) is 12.2 Å². The number of carbonyl (C=O) groups is 3. The number of nitrogens with one attached hydrogen (secondary N) is 1. The molecule has 0 spiro atoms. The molecule has 0 unspecified atom stereocenters. The second kappa shape index (κ2) is 5.29. The van der Waals surface area contributed by atoms with E-state index in [0.29, 0.717) is 12.1 Å². The fourth-order valence-electron chi connectivity index (χ4n) is 3.45. The Morgan fingerprint density at radius 2 is 1.73 bits per heavy atom. The Morgan fingerprint density at radius 1 is 1.05 bits per heavy atom. The summed E-state index contributed by atoms with van der Waals surface area (Å²) < 4.78 is 0. The molecule has 2 aliphatic carbocycles. The summed E-state index contributed by atoms with van der Waals surface area (Å²) in [6, 6.07) is 5.67. The molecule has 2 bridgehead atoms. The van der Waals surface area contributed by atoms with Crippen LogP contribution in [-0.4, -0.2) is 17.8 Å². The fraction of sp³-hybridized carbons (Fsp3) is 0.312. The molecular weight excluding hydrogens is 286 g/mol. The molecule has 4 atom stereocenters. The third-order valence-corrected chi connectivity index (χ3v) is 4.40. The van der Waals surface area contributed by atoms with E-state index in [2.05, 4.69) is 5.32 Å². The summed E-state index contributed by atoms with van der Waals surface area (Å²) in [5.74, 6) is -4.79. The van der Waals surface area contributed by atoms with Gasteiger partial charge in [-0.1, -0.05) is 24.3 Å². The topological polar surface area (TPSA) is 109 Å². The lowest BCUT2D eigenvalue weighted by Crippen LogP contribution is -2.42. The average molecular weight is 299 g/mol. The van der Waals surface area contributed by atoms with Crippen LogP contribution in [0.2, 0.25) is 0 Å². The van der Waals surface area contributed by atoms with Crippen LogP contribution in [0.3, 0.4) is 0 Å². The summed E-state index contributed by atoms with van der Waals surface area (Å²) in [7, 11) is 0. The molecular formula is C16H13NO5-2. The molecule has 1 amide bonds. The van der Waals surface area contributed by atoms with Crippen molar-refractivity contribution in [3.05, 3.63) is 42.0 Å². The van der Waals surface area contributed by atoms with Crippen LogP contribution >= 0.6 is 0 Å². The summed E-state index contributed by atoms with van der Waals surface area (Å²) in [6.45, 7) is 0. The molecule has 114 valence electrons. The van der Waals surface area contributed by atoms with Crippen molar-refractivity contribution in [2.45, 2.75) is 6.42 Å². The van der Waals surface area contributed by atoms with E-state index in [-0.39, 0.29) is 17.4 Å². The summed E-state index contributed by atoms with van der Waals surface area (Å²) in [5, 5.41) is 24.7. The number of hydrogen-bond donors (Lipinski definition) is 1. The van der Waals surface area contributed by atoms with Gasteiger partial charge in [-0.3, -0.25) is 4.79 Å². The van der Waals surface area contributed by atoms with Crippen molar-refractivity contribution >= 4 is 23.5 Å². The zero-order chi connectivity index (χ0) is 15.9. The Morgan fingerprint density at radius 3 is 2.36 bits per heavy atom. The van der Waals surface area contributed by atoms with E-state index in [9.17, 15) is 24.6 Å². The molecule has 0 aromatic heterocycles. The zero-order valence-corrected chi connectivity index (χ0v) is 11.5. The van der Waals surface area contributed by atoms with Gasteiger partial charge in [0.2, 0.25) is 5.91 Å². The normalized spacial score (nSPS) is 28.5. The number of carboxylic acid groups (broad SMARTS) is 2. The van der Waals surface area contributed by atoms with Crippen molar-refractivity contribution < 1.29 is 24.6 Å². The molecule has 1 fully saturated rings. The van der Waals surface area contributed by atoms with Crippen molar-refractivity contribution in [1.82, 2.24) is 0 Å². The second-order valence-electron chi connectivity index (χ2n) is 5.68. The largest absolute Gasteiger partial charge is 0.550 e. The van der Waals surface area contributed by atoms with Crippen LogP contribution < -0.4 is 15.5 Å². The number of carbonyl (C=O) groups excluding carboxylic acids is 3. The number of benzene rings is 1. The Labute approximate surface area is 126 Å². The summed E-state index contributed by atoms with van der Waals surface area (Å²) in [6.07, 6.45) is 4.33. The number of aromatic carboxylic acids is 1. The molecule has 1 aromatic rings. The van der Waals surface area contributed by atoms with Crippen LogP contribution in [0.15, 0.2) is 36.4 Å². The second-order valence-corrected chi connectivity index (χ2v) is 5.68. The fourth-order valence-corrected chi connectivity index (χ4v) is 3.45. The maximum Gasteiger partial charge on any atom is 0.228 e. The molecule has 1 aromatic carbocycles. The molecule has 0 radical (unpaired) electrons. The Kier molecular flexibility index (Phi) is 3.44. The van der Waals surface area contributed by atoms with Crippen molar-refractivity contribution in [3.8, 4) is 0 Å². The van der Waals surface area contributed by atoms with E-state index >= 15 is 0 Å². The maximum atomic E-state index is 12.4. The number of allylic oxidation sites excluding steroid dienone is 2. The van der Waals surface area contributed by atoms with Crippen LogP contribution in [-0.2, 0) is 9.59 Å². The zero-order valence-electron chi connectivity index (χ0n) is 11.5. The van der Waals surface area contributed by atoms with Gasteiger partial charge in [0.15, 0.2) is 0 Å². The molecule has 3 rings (SSSR count). The highest BCUT2D eigenvalue weighted by Gasteiger charge is 2.48. The van der Waals surface area contributed by atoms with Crippen LogP contribution in [0.1, 0.15) is 16.8 Å². The number of carboxylic acids is 2. The molecule has 1 N–H and O–H groups in total. The van der Waals surface area contributed by atoms with Crippen LogP contribution in [0, 0.1) is 23.7 Å². The molecule has 22 heavy (non-hydrogen) atoms. The predicted molar refractivity (Wildman–Crippen MR) is 72.1 cm³/mol. The van der Waals surface area contributed by atoms with E-state index in [1.165, 1.54) is 18.2 Å². The highest BCUT2D eigenvalue weighted by atomic mass is 16.4. The molecule has 2 aliphatic rings. The number of anilines is 1. The van der Waals surface area contributed by atoms with Gasteiger partial charge in [0.25, 0.3) is 0 Å². The lowest BCUT2D eigenvalue weighted by Gasteiger charge is -2.27. The standard InChI is InChI=1S/C16H15NO5/c18-14(17-11-3-1-2-10(7-11)15(19)20)12-8-4-5-9(6-8)13(12)16(21)22/h1-5,7-9,12-13H,6H2,(H,17,18)(H,19,20)(H,21,22)/p-2/t8-,9+,12-,13+/m1/s1. The lowest BCUT2D eigenvalue weighted by molar-refractivity contribution is -0.313. The van der Waals surface area contributed by atoms with E-state index in [4.69, 9.17) is 0 Å². The smallest absolute Gasteiger partial charge is 0.228 e. The minimum atomic E-state index is -1.34. The average Bonchev–Trinajstić information content (AvgIpc) is 3.07. The molecule has 0 aliphatic heterocycles. The highest BCUT2D eigenvalue weighted by Crippen LogP contribution is 2.48. The number of amides is 1. The Bertz CT molecular complexity index is 681. The van der Waals surface area contributed by atoms with Crippen molar-refractivity contribution in [3.63, 3.8) is 0 Å².